The lowest BCUT2D eigenvalue weighted by Crippen LogP contribution is -2.37. The zero-order valence-corrected chi connectivity index (χ0v) is 37.1. The molecular formula is C55H59NO5. The predicted octanol–water partition coefficient (Wildman–Crippen LogP) is 12.9. The number of ether oxygens (including phenoxy) is 5. The molecule has 0 spiro atoms. The number of morpholine rings is 1. The molecule has 0 N–H and O–H groups in total. The van der Waals surface area contributed by atoms with E-state index in [-0.39, 0.29) is 10.8 Å². The van der Waals surface area contributed by atoms with Crippen molar-refractivity contribution in [2.45, 2.75) is 76.7 Å². The average Bonchev–Trinajstić information content (AvgIpc) is 3.57. The third-order valence-electron chi connectivity index (χ3n) is 13.5. The third-order valence-corrected chi connectivity index (χ3v) is 13.5. The van der Waals surface area contributed by atoms with E-state index < -0.39 is 5.60 Å². The summed E-state index contributed by atoms with van der Waals surface area (Å²) in [6.07, 6.45) is 8.83. The Balaban J connectivity index is 1.31. The number of benzene rings is 6. The minimum absolute atomic E-state index is 0.0487. The Morgan fingerprint density at radius 2 is 1.33 bits per heavy atom. The fourth-order valence-corrected chi connectivity index (χ4v) is 10.4. The number of nitrogens with zero attached hydrogens (tertiary/aromatic N) is 1. The van der Waals surface area contributed by atoms with Gasteiger partial charge in [0, 0.05) is 57.9 Å². The molecule has 1 saturated heterocycles. The molecule has 61 heavy (non-hydrogen) atoms. The summed E-state index contributed by atoms with van der Waals surface area (Å²) in [6, 6.07) is 37.7. The number of rotatable bonds is 11. The first-order valence-electron chi connectivity index (χ1n) is 22.1. The van der Waals surface area contributed by atoms with Crippen LogP contribution in [-0.2, 0) is 21.2 Å². The first kappa shape index (κ1) is 40.7. The lowest BCUT2D eigenvalue weighted by molar-refractivity contribution is 0.122. The van der Waals surface area contributed by atoms with Crippen LogP contribution in [0.15, 0.2) is 109 Å². The normalized spacial score (nSPS) is 17.7. The van der Waals surface area contributed by atoms with Crippen LogP contribution in [0.1, 0.15) is 93.7 Å². The van der Waals surface area contributed by atoms with Gasteiger partial charge in [0.15, 0.2) is 5.60 Å². The number of fused-ring (bicyclic) bond motifs is 8. The van der Waals surface area contributed by atoms with Crippen molar-refractivity contribution in [3.05, 3.63) is 143 Å². The number of methoxy groups -OCH3 is 3. The van der Waals surface area contributed by atoms with E-state index >= 15 is 0 Å². The largest absolute Gasteiger partial charge is 0.497 e. The highest BCUT2D eigenvalue weighted by Gasteiger charge is 2.48. The highest BCUT2D eigenvalue weighted by molar-refractivity contribution is 6.09. The van der Waals surface area contributed by atoms with Gasteiger partial charge in [-0.05, 0) is 112 Å². The molecule has 3 aliphatic rings. The van der Waals surface area contributed by atoms with Crippen LogP contribution in [-0.4, -0.2) is 47.6 Å². The maximum absolute atomic E-state index is 7.82. The zero-order valence-electron chi connectivity index (χ0n) is 37.1. The molecule has 0 saturated carbocycles. The second-order valence-electron chi connectivity index (χ2n) is 18.0. The van der Waals surface area contributed by atoms with Gasteiger partial charge in [0.25, 0.3) is 0 Å². The van der Waals surface area contributed by atoms with Crippen LogP contribution in [0.2, 0.25) is 0 Å². The van der Waals surface area contributed by atoms with E-state index in [2.05, 4.69) is 131 Å². The summed E-state index contributed by atoms with van der Waals surface area (Å²) in [5, 5.41) is 2.37. The van der Waals surface area contributed by atoms with Gasteiger partial charge >= 0.3 is 0 Å². The lowest BCUT2D eigenvalue weighted by atomic mass is 9.68. The molecule has 1 atom stereocenters. The molecule has 1 aliphatic carbocycles. The molecule has 0 amide bonds. The van der Waals surface area contributed by atoms with Gasteiger partial charge in [-0.3, -0.25) is 0 Å². The number of hydrogen-bond acceptors (Lipinski definition) is 6. The fraction of sp³-hybridized carbons (Fsp3) is 0.345. The summed E-state index contributed by atoms with van der Waals surface area (Å²) < 4.78 is 30.7. The van der Waals surface area contributed by atoms with Crippen molar-refractivity contribution in [2.75, 3.05) is 52.5 Å². The highest BCUT2D eigenvalue weighted by Crippen LogP contribution is 2.62. The molecule has 0 bridgehead atoms. The van der Waals surface area contributed by atoms with Crippen molar-refractivity contribution in [1.82, 2.24) is 0 Å². The van der Waals surface area contributed by atoms with Crippen molar-refractivity contribution in [2.24, 2.45) is 0 Å². The molecule has 314 valence electrons. The molecule has 0 radical (unpaired) electrons. The van der Waals surface area contributed by atoms with E-state index in [1.807, 2.05) is 24.3 Å². The Kier molecular flexibility index (Phi) is 10.6. The van der Waals surface area contributed by atoms with E-state index in [1.54, 1.807) is 21.3 Å². The van der Waals surface area contributed by atoms with Crippen LogP contribution in [0.5, 0.6) is 23.0 Å². The Bertz CT molecular complexity index is 2610. The van der Waals surface area contributed by atoms with Gasteiger partial charge < -0.3 is 28.6 Å². The summed E-state index contributed by atoms with van der Waals surface area (Å²) in [7, 11) is 5.15. The van der Waals surface area contributed by atoms with E-state index in [1.165, 1.54) is 44.5 Å². The summed E-state index contributed by atoms with van der Waals surface area (Å²) in [6.45, 7) is 14.8. The van der Waals surface area contributed by atoms with Gasteiger partial charge in [0.1, 0.15) is 23.0 Å². The van der Waals surface area contributed by atoms with Crippen molar-refractivity contribution >= 4 is 22.5 Å². The Morgan fingerprint density at radius 3 is 1.97 bits per heavy atom. The smallest absolute Gasteiger partial charge is 0.178 e. The van der Waals surface area contributed by atoms with Gasteiger partial charge in [-0.25, -0.2) is 0 Å². The third kappa shape index (κ3) is 6.75. The summed E-state index contributed by atoms with van der Waals surface area (Å²) in [5.74, 6) is 3.33. The predicted molar refractivity (Wildman–Crippen MR) is 250 cm³/mol. The Hall–Kier alpha value is -5.72. The second-order valence-corrected chi connectivity index (χ2v) is 18.0. The van der Waals surface area contributed by atoms with Crippen molar-refractivity contribution in [1.29, 1.82) is 0 Å². The fourth-order valence-electron chi connectivity index (χ4n) is 10.4. The quantitative estimate of drug-likeness (QED) is 0.130. The van der Waals surface area contributed by atoms with Gasteiger partial charge in [-0.15, -0.1) is 0 Å². The standard InChI is InChI=1S/C55H59NO5/c1-9-26-54(27-10-2)48-33-36(43-24-21-42(58-7)35-49(43)59-8)11-22-45(48)50-47-34-39(53(3,4)5)16-23-44(47)52-46(51(50)54)25-28-55(61-52,38-14-19-41(57-6)20-15-38)37-12-17-40(18-13-37)56-29-31-60-32-30-56/h11-25,28,33-35H,9-10,26-27,29-32H2,1-8H3. The van der Waals surface area contributed by atoms with Crippen molar-refractivity contribution < 1.29 is 23.7 Å². The minimum Gasteiger partial charge on any atom is -0.497 e. The molecule has 9 rings (SSSR count). The van der Waals surface area contributed by atoms with E-state index in [4.69, 9.17) is 23.7 Å². The monoisotopic (exact) mass is 813 g/mol. The summed E-state index contributed by atoms with van der Waals surface area (Å²) >= 11 is 0. The van der Waals surface area contributed by atoms with Gasteiger partial charge in [0.05, 0.1) is 34.5 Å². The number of anilines is 1. The second kappa shape index (κ2) is 16.0. The van der Waals surface area contributed by atoms with E-state index in [9.17, 15) is 0 Å². The molecule has 6 heteroatoms. The molecule has 1 unspecified atom stereocenters. The minimum atomic E-state index is -0.894. The molecule has 0 aromatic heterocycles. The summed E-state index contributed by atoms with van der Waals surface area (Å²) in [5.41, 5.74) is 12.2. The van der Waals surface area contributed by atoms with Gasteiger partial charge in [-0.2, -0.15) is 0 Å². The van der Waals surface area contributed by atoms with Crippen molar-refractivity contribution in [3.63, 3.8) is 0 Å². The van der Waals surface area contributed by atoms with Crippen LogP contribution in [0.25, 0.3) is 39.1 Å². The van der Waals surface area contributed by atoms with Crippen LogP contribution in [0, 0.1) is 0 Å². The molecule has 1 fully saturated rings. The van der Waals surface area contributed by atoms with E-state index in [0.29, 0.717) is 0 Å². The van der Waals surface area contributed by atoms with Crippen molar-refractivity contribution in [3.8, 4) is 45.3 Å². The maximum atomic E-state index is 7.82. The first-order chi connectivity index (χ1) is 29.6. The molecular weight excluding hydrogens is 755 g/mol. The highest BCUT2D eigenvalue weighted by atomic mass is 16.5. The number of hydrogen-bond donors (Lipinski definition) is 0. The SMILES string of the molecule is CCCC1(CCC)c2cc(-c3ccc(OC)cc3OC)ccc2-c2c1c1c(c3ccc(C(C)(C)C)cc23)OC(c2ccc(OC)cc2)(c2ccc(N3CCOCC3)cc2)C=C1. The Morgan fingerprint density at radius 1 is 0.672 bits per heavy atom. The van der Waals surface area contributed by atoms with E-state index in [0.717, 1.165) is 103 Å². The molecule has 6 nitrogen and oxygen atoms in total. The van der Waals surface area contributed by atoms with Crippen LogP contribution in [0.3, 0.4) is 0 Å². The topological polar surface area (TPSA) is 49.4 Å². The average molecular weight is 814 g/mol. The van der Waals surface area contributed by atoms with Crippen LogP contribution in [0.4, 0.5) is 5.69 Å². The lowest BCUT2D eigenvalue weighted by Gasteiger charge is -2.40. The Labute approximate surface area is 362 Å². The molecule has 2 heterocycles. The maximum Gasteiger partial charge on any atom is 0.178 e. The molecule has 6 aromatic carbocycles. The van der Waals surface area contributed by atoms with Gasteiger partial charge in [-0.1, -0.05) is 102 Å². The van der Waals surface area contributed by atoms with Crippen LogP contribution < -0.4 is 23.8 Å². The zero-order chi connectivity index (χ0) is 42.5. The summed E-state index contributed by atoms with van der Waals surface area (Å²) in [4.78, 5) is 2.40. The molecule has 6 aromatic rings. The first-order valence-corrected chi connectivity index (χ1v) is 22.1. The molecule has 2 aliphatic heterocycles. The van der Waals surface area contributed by atoms with Gasteiger partial charge in [0.2, 0.25) is 0 Å². The van der Waals surface area contributed by atoms with Crippen LogP contribution >= 0.6 is 0 Å².